The third-order valence-electron chi connectivity index (χ3n) is 3.59. The van der Waals surface area contributed by atoms with Crippen LogP contribution in [0.4, 0.5) is 5.69 Å². The van der Waals surface area contributed by atoms with E-state index in [-0.39, 0.29) is 17.2 Å². The molecule has 1 heterocycles. The van der Waals surface area contributed by atoms with Crippen molar-refractivity contribution >= 4 is 11.6 Å². The van der Waals surface area contributed by atoms with Crippen LogP contribution in [0.3, 0.4) is 0 Å². The molecule has 118 valence electrons. The fourth-order valence-corrected chi connectivity index (χ4v) is 1.69. The summed E-state index contributed by atoms with van der Waals surface area (Å²) < 4.78 is 0. The number of hydrogen-bond donors (Lipinski definition) is 2. The standard InChI is InChI=1S/C16H28N4O/c1-7-16(5,6)10-19-15(21)13-12(17-8-2)9-18-14(20-13)11(3)4/h9,11,17H,7-8,10H2,1-6H3,(H,19,21). The van der Waals surface area contributed by atoms with Crippen molar-refractivity contribution < 1.29 is 4.79 Å². The van der Waals surface area contributed by atoms with Crippen LogP contribution in [-0.2, 0) is 0 Å². The van der Waals surface area contributed by atoms with Crippen LogP contribution in [0.1, 0.15) is 70.2 Å². The van der Waals surface area contributed by atoms with E-state index in [2.05, 4.69) is 41.4 Å². The first-order valence-electron chi connectivity index (χ1n) is 7.69. The van der Waals surface area contributed by atoms with E-state index in [0.717, 1.165) is 13.0 Å². The van der Waals surface area contributed by atoms with Crippen molar-refractivity contribution in [3.05, 3.63) is 17.7 Å². The molecule has 5 nitrogen and oxygen atoms in total. The van der Waals surface area contributed by atoms with Crippen LogP contribution in [0, 0.1) is 5.41 Å². The molecular formula is C16H28N4O. The quantitative estimate of drug-likeness (QED) is 0.810. The molecule has 21 heavy (non-hydrogen) atoms. The molecule has 1 amide bonds. The number of anilines is 1. The van der Waals surface area contributed by atoms with Gasteiger partial charge >= 0.3 is 0 Å². The molecule has 5 heteroatoms. The molecule has 0 aliphatic carbocycles. The van der Waals surface area contributed by atoms with Crippen molar-refractivity contribution in [3.8, 4) is 0 Å². The summed E-state index contributed by atoms with van der Waals surface area (Å²) in [5.41, 5.74) is 1.21. The summed E-state index contributed by atoms with van der Waals surface area (Å²) in [6, 6.07) is 0. The average Bonchev–Trinajstić information content (AvgIpc) is 2.45. The van der Waals surface area contributed by atoms with Gasteiger partial charge in [0.05, 0.1) is 11.9 Å². The highest BCUT2D eigenvalue weighted by Gasteiger charge is 2.20. The first kappa shape index (κ1) is 17.4. The fraction of sp³-hybridized carbons (Fsp3) is 0.688. The van der Waals surface area contributed by atoms with Crippen molar-refractivity contribution in [2.45, 2.75) is 53.9 Å². The summed E-state index contributed by atoms with van der Waals surface area (Å²) in [6.07, 6.45) is 2.71. The largest absolute Gasteiger partial charge is 0.382 e. The minimum Gasteiger partial charge on any atom is -0.382 e. The summed E-state index contributed by atoms with van der Waals surface area (Å²) in [6.45, 7) is 13.8. The first-order valence-corrected chi connectivity index (χ1v) is 7.69. The topological polar surface area (TPSA) is 66.9 Å². The number of rotatable bonds is 7. The van der Waals surface area contributed by atoms with Crippen molar-refractivity contribution in [1.82, 2.24) is 15.3 Å². The van der Waals surface area contributed by atoms with E-state index >= 15 is 0 Å². The van der Waals surface area contributed by atoms with E-state index in [9.17, 15) is 4.79 Å². The Bertz CT molecular complexity index is 483. The van der Waals surface area contributed by atoms with Gasteiger partial charge in [-0.1, -0.05) is 34.6 Å². The number of aromatic nitrogens is 2. The highest BCUT2D eigenvalue weighted by atomic mass is 16.1. The van der Waals surface area contributed by atoms with Gasteiger partial charge < -0.3 is 10.6 Å². The van der Waals surface area contributed by atoms with Crippen molar-refractivity contribution in [3.63, 3.8) is 0 Å². The van der Waals surface area contributed by atoms with Gasteiger partial charge in [0.2, 0.25) is 0 Å². The Morgan fingerprint density at radius 1 is 1.33 bits per heavy atom. The van der Waals surface area contributed by atoms with E-state index in [0.29, 0.717) is 23.8 Å². The monoisotopic (exact) mass is 292 g/mol. The van der Waals surface area contributed by atoms with Crippen LogP contribution in [-0.4, -0.2) is 29.0 Å². The van der Waals surface area contributed by atoms with Crippen LogP contribution in [0.15, 0.2) is 6.20 Å². The zero-order valence-corrected chi connectivity index (χ0v) is 14.1. The Balaban J connectivity index is 2.96. The summed E-state index contributed by atoms with van der Waals surface area (Å²) in [5, 5.41) is 6.13. The Hall–Kier alpha value is -1.65. The lowest BCUT2D eigenvalue weighted by Gasteiger charge is -2.23. The van der Waals surface area contributed by atoms with E-state index < -0.39 is 0 Å². The average molecular weight is 292 g/mol. The van der Waals surface area contributed by atoms with Gasteiger partial charge in [-0.05, 0) is 18.8 Å². The van der Waals surface area contributed by atoms with E-state index in [1.165, 1.54) is 0 Å². The second-order valence-corrected chi connectivity index (χ2v) is 6.38. The zero-order chi connectivity index (χ0) is 16.0. The van der Waals surface area contributed by atoms with E-state index in [1.54, 1.807) is 6.20 Å². The molecule has 0 radical (unpaired) electrons. The van der Waals surface area contributed by atoms with E-state index in [4.69, 9.17) is 0 Å². The maximum atomic E-state index is 12.4. The molecule has 1 aromatic heterocycles. The SMILES string of the molecule is CCNc1cnc(C(C)C)nc1C(=O)NCC(C)(C)CC. The Kier molecular flexibility index (Phi) is 6.12. The number of nitrogens with one attached hydrogen (secondary N) is 2. The summed E-state index contributed by atoms with van der Waals surface area (Å²) in [5.74, 6) is 0.743. The molecule has 1 aromatic rings. The molecule has 0 bridgehead atoms. The van der Waals surface area contributed by atoms with Crippen LogP contribution >= 0.6 is 0 Å². The molecule has 0 atom stereocenters. The van der Waals surface area contributed by atoms with Gasteiger partial charge in [-0.15, -0.1) is 0 Å². The third kappa shape index (κ3) is 4.99. The van der Waals surface area contributed by atoms with Crippen molar-refractivity contribution in [1.29, 1.82) is 0 Å². The van der Waals surface area contributed by atoms with Crippen molar-refractivity contribution in [2.24, 2.45) is 5.41 Å². The van der Waals surface area contributed by atoms with Crippen LogP contribution < -0.4 is 10.6 Å². The van der Waals surface area contributed by atoms with Gasteiger partial charge in [-0.3, -0.25) is 4.79 Å². The molecule has 0 fully saturated rings. The predicted octanol–water partition coefficient (Wildman–Crippen LogP) is 3.20. The van der Waals surface area contributed by atoms with Gasteiger partial charge in [-0.2, -0.15) is 0 Å². The van der Waals surface area contributed by atoms with Crippen molar-refractivity contribution in [2.75, 3.05) is 18.4 Å². The Morgan fingerprint density at radius 3 is 2.52 bits per heavy atom. The molecule has 0 spiro atoms. The molecule has 0 unspecified atom stereocenters. The highest BCUT2D eigenvalue weighted by Crippen LogP contribution is 2.19. The Morgan fingerprint density at radius 2 is 2.00 bits per heavy atom. The number of nitrogens with zero attached hydrogens (tertiary/aromatic N) is 2. The molecule has 1 rings (SSSR count). The molecule has 2 N–H and O–H groups in total. The summed E-state index contributed by atoms with van der Waals surface area (Å²) in [7, 11) is 0. The van der Waals surface area contributed by atoms with Crippen LogP contribution in [0.25, 0.3) is 0 Å². The van der Waals surface area contributed by atoms with Gasteiger partial charge in [0, 0.05) is 19.0 Å². The third-order valence-corrected chi connectivity index (χ3v) is 3.59. The zero-order valence-electron chi connectivity index (χ0n) is 14.1. The minimum atomic E-state index is -0.142. The minimum absolute atomic E-state index is 0.0852. The lowest BCUT2D eigenvalue weighted by atomic mass is 9.90. The fourth-order valence-electron chi connectivity index (χ4n) is 1.69. The predicted molar refractivity (Wildman–Crippen MR) is 86.7 cm³/mol. The van der Waals surface area contributed by atoms with Crippen LogP contribution in [0.5, 0.6) is 0 Å². The van der Waals surface area contributed by atoms with Gasteiger partial charge in [0.25, 0.3) is 5.91 Å². The molecule has 0 aromatic carbocycles. The highest BCUT2D eigenvalue weighted by molar-refractivity contribution is 5.97. The molecular weight excluding hydrogens is 264 g/mol. The molecule has 0 saturated heterocycles. The second kappa shape index (κ2) is 7.38. The summed E-state index contributed by atoms with van der Waals surface area (Å²) in [4.78, 5) is 21.2. The number of hydrogen-bond acceptors (Lipinski definition) is 4. The van der Waals surface area contributed by atoms with Crippen LogP contribution in [0.2, 0.25) is 0 Å². The maximum Gasteiger partial charge on any atom is 0.272 e. The summed E-state index contributed by atoms with van der Waals surface area (Å²) >= 11 is 0. The molecule has 0 aliphatic rings. The lowest BCUT2D eigenvalue weighted by molar-refractivity contribution is 0.0931. The number of carbonyl (C=O) groups excluding carboxylic acids is 1. The normalized spacial score (nSPS) is 11.6. The smallest absolute Gasteiger partial charge is 0.272 e. The van der Waals surface area contributed by atoms with E-state index in [1.807, 2.05) is 20.8 Å². The maximum absolute atomic E-state index is 12.4. The van der Waals surface area contributed by atoms with Gasteiger partial charge in [0.15, 0.2) is 5.69 Å². The Labute approximate surface area is 128 Å². The number of amides is 1. The lowest BCUT2D eigenvalue weighted by Crippen LogP contribution is -2.34. The molecule has 0 aliphatic heterocycles. The van der Waals surface area contributed by atoms with Gasteiger partial charge in [-0.25, -0.2) is 9.97 Å². The first-order chi connectivity index (χ1) is 9.80. The number of carbonyl (C=O) groups is 1. The van der Waals surface area contributed by atoms with Gasteiger partial charge in [0.1, 0.15) is 5.82 Å². The molecule has 0 saturated carbocycles. The second-order valence-electron chi connectivity index (χ2n) is 6.38.